The average Bonchev–Trinajstić information content (AvgIpc) is 2.66. The van der Waals surface area contributed by atoms with E-state index in [0.29, 0.717) is 12.1 Å². The predicted molar refractivity (Wildman–Crippen MR) is 105 cm³/mol. The van der Waals surface area contributed by atoms with Crippen molar-refractivity contribution in [2.75, 3.05) is 6.16 Å². The Kier molecular flexibility index (Phi) is 7.93. The third-order valence-corrected chi connectivity index (χ3v) is 6.65. The second kappa shape index (κ2) is 10.2. The molecule has 28 heavy (non-hydrogen) atoms. The molecule has 0 spiro atoms. The van der Waals surface area contributed by atoms with E-state index in [9.17, 15) is 24.2 Å². The highest BCUT2D eigenvalue weighted by molar-refractivity contribution is 7.58. The van der Waals surface area contributed by atoms with Crippen LogP contribution in [0.3, 0.4) is 0 Å². The van der Waals surface area contributed by atoms with Crippen molar-refractivity contribution in [1.29, 1.82) is 0 Å². The maximum absolute atomic E-state index is 13.2. The van der Waals surface area contributed by atoms with Gasteiger partial charge in [0.15, 0.2) is 0 Å². The van der Waals surface area contributed by atoms with Gasteiger partial charge in [-0.05, 0) is 17.5 Å². The van der Waals surface area contributed by atoms with Crippen LogP contribution in [-0.4, -0.2) is 33.2 Å². The lowest BCUT2D eigenvalue weighted by Gasteiger charge is -2.27. The van der Waals surface area contributed by atoms with Crippen LogP contribution in [0, 0.1) is 5.92 Å². The molecule has 0 saturated heterocycles. The maximum atomic E-state index is 13.2. The molecule has 3 atom stereocenters. The van der Waals surface area contributed by atoms with Crippen molar-refractivity contribution in [3.63, 3.8) is 0 Å². The zero-order valence-corrected chi connectivity index (χ0v) is 16.2. The topological polar surface area (TPSA) is 124 Å². The largest absolute Gasteiger partial charge is 0.481 e. The summed E-state index contributed by atoms with van der Waals surface area (Å²) in [7, 11) is -4.02. The molecule has 0 radical (unpaired) electrons. The van der Waals surface area contributed by atoms with Gasteiger partial charge in [-0.1, -0.05) is 60.7 Å². The van der Waals surface area contributed by atoms with Gasteiger partial charge in [-0.15, -0.1) is 0 Å². The van der Waals surface area contributed by atoms with E-state index in [1.165, 1.54) is 0 Å². The van der Waals surface area contributed by atoms with Crippen LogP contribution in [0.5, 0.6) is 0 Å². The lowest BCUT2D eigenvalue weighted by atomic mass is 10.1. The van der Waals surface area contributed by atoms with Crippen molar-refractivity contribution in [2.45, 2.75) is 25.2 Å². The summed E-state index contributed by atoms with van der Waals surface area (Å²) in [6.45, 7) is 0.331. The molecule has 8 heteroatoms. The Hall–Kier alpha value is -2.47. The molecule has 150 valence electrons. The zero-order valence-electron chi connectivity index (χ0n) is 15.3. The van der Waals surface area contributed by atoms with Gasteiger partial charge in [0.25, 0.3) is 0 Å². The summed E-state index contributed by atoms with van der Waals surface area (Å²) in [5, 5.41) is 21.2. The van der Waals surface area contributed by atoms with Crippen LogP contribution in [0.1, 0.15) is 29.8 Å². The van der Waals surface area contributed by atoms with Gasteiger partial charge in [0.1, 0.15) is 5.78 Å². The SMILES string of the molecule is O=C(O)CCC(CP(=O)(O)C(NCc1ccccc1)c1ccccc1)C(=O)O. The Morgan fingerprint density at radius 2 is 1.54 bits per heavy atom. The van der Waals surface area contributed by atoms with Gasteiger partial charge < -0.3 is 15.1 Å². The number of rotatable bonds is 11. The summed E-state index contributed by atoms with van der Waals surface area (Å²) >= 11 is 0. The van der Waals surface area contributed by atoms with Crippen LogP contribution in [0.4, 0.5) is 0 Å². The van der Waals surface area contributed by atoms with Crippen molar-refractivity contribution < 1.29 is 29.3 Å². The third kappa shape index (κ3) is 6.60. The summed E-state index contributed by atoms with van der Waals surface area (Å²) in [5.41, 5.74) is 1.50. The molecule has 0 aliphatic heterocycles. The predicted octanol–water partition coefficient (Wildman–Crippen LogP) is 3.31. The number of carboxylic acids is 2. The molecule has 0 amide bonds. The van der Waals surface area contributed by atoms with Crippen molar-refractivity contribution in [3.8, 4) is 0 Å². The van der Waals surface area contributed by atoms with Crippen molar-refractivity contribution in [2.24, 2.45) is 5.92 Å². The fourth-order valence-electron chi connectivity index (χ4n) is 2.95. The highest BCUT2D eigenvalue weighted by atomic mass is 31.2. The first-order valence-electron chi connectivity index (χ1n) is 8.88. The molecule has 2 rings (SSSR count). The molecule has 0 saturated carbocycles. The molecule has 0 heterocycles. The summed E-state index contributed by atoms with van der Waals surface area (Å²) in [6.07, 6.45) is -1.07. The van der Waals surface area contributed by atoms with Gasteiger partial charge in [0.2, 0.25) is 7.37 Å². The number of carbonyl (C=O) groups is 2. The quantitative estimate of drug-likeness (QED) is 0.423. The van der Waals surface area contributed by atoms with Crippen molar-refractivity contribution in [1.82, 2.24) is 5.32 Å². The Morgan fingerprint density at radius 1 is 0.964 bits per heavy atom. The van der Waals surface area contributed by atoms with Gasteiger partial charge in [0.05, 0.1) is 5.92 Å². The van der Waals surface area contributed by atoms with E-state index >= 15 is 0 Å². The number of hydrogen-bond acceptors (Lipinski definition) is 4. The standard InChI is InChI=1S/C20H24NO6P/c22-18(23)12-11-17(20(24)25)14-28(26,27)19(16-9-5-2-6-10-16)21-13-15-7-3-1-4-8-15/h1-10,17,19,21H,11-14H2,(H,22,23)(H,24,25)(H,26,27). The molecule has 2 aromatic rings. The smallest absolute Gasteiger partial charge is 0.307 e. The van der Waals surface area contributed by atoms with E-state index in [2.05, 4.69) is 5.32 Å². The molecule has 0 aliphatic rings. The minimum absolute atomic E-state index is 0.199. The molecule has 0 fully saturated rings. The first-order chi connectivity index (χ1) is 13.3. The van der Waals surface area contributed by atoms with E-state index in [-0.39, 0.29) is 12.8 Å². The third-order valence-electron chi connectivity index (χ3n) is 4.40. The van der Waals surface area contributed by atoms with Crippen molar-refractivity contribution in [3.05, 3.63) is 71.8 Å². The maximum Gasteiger partial charge on any atom is 0.307 e. The van der Waals surface area contributed by atoms with Crippen LogP contribution < -0.4 is 5.32 Å². The molecule has 0 aliphatic carbocycles. The minimum Gasteiger partial charge on any atom is -0.481 e. The Labute approximate surface area is 163 Å². The van der Waals surface area contributed by atoms with Crippen LogP contribution >= 0.6 is 7.37 Å². The summed E-state index contributed by atoms with van der Waals surface area (Å²) in [5.74, 6) is -4.58. The molecule has 2 aromatic carbocycles. The van der Waals surface area contributed by atoms with E-state index in [0.717, 1.165) is 5.56 Å². The van der Waals surface area contributed by atoms with Crippen LogP contribution in [0.15, 0.2) is 60.7 Å². The lowest BCUT2D eigenvalue weighted by molar-refractivity contribution is -0.142. The van der Waals surface area contributed by atoms with Crippen molar-refractivity contribution >= 4 is 19.3 Å². The van der Waals surface area contributed by atoms with E-state index < -0.39 is 37.2 Å². The molecule has 0 aromatic heterocycles. The summed E-state index contributed by atoms with van der Waals surface area (Å²) in [4.78, 5) is 33.0. The summed E-state index contributed by atoms with van der Waals surface area (Å²) < 4.78 is 13.2. The van der Waals surface area contributed by atoms with Crippen LogP contribution in [-0.2, 0) is 20.7 Å². The number of nitrogens with one attached hydrogen (secondary N) is 1. The number of benzene rings is 2. The highest BCUT2D eigenvalue weighted by Crippen LogP contribution is 2.55. The van der Waals surface area contributed by atoms with Gasteiger partial charge in [-0.2, -0.15) is 0 Å². The van der Waals surface area contributed by atoms with E-state index in [1.54, 1.807) is 30.3 Å². The molecule has 7 nitrogen and oxygen atoms in total. The van der Waals surface area contributed by atoms with Gasteiger partial charge in [0, 0.05) is 19.1 Å². The zero-order chi connectivity index (χ0) is 20.6. The van der Waals surface area contributed by atoms with E-state index in [4.69, 9.17) is 5.11 Å². The highest BCUT2D eigenvalue weighted by Gasteiger charge is 2.37. The Balaban J connectivity index is 2.22. The fourth-order valence-corrected chi connectivity index (χ4v) is 5.15. The number of aliphatic carboxylic acids is 2. The monoisotopic (exact) mass is 405 g/mol. The van der Waals surface area contributed by atoms with Gasteiger partial charge in [-0.3, -0.25) is 19.5 Å². The Morgan fingerprint density at radius 3 is 2.07 bits per heavy atom. The van der Waals surface area contributed by atoms with E-state index in [1.807, 2.05) is 30.3 Å². The van der Waals surface area contributed by atoms with Gasteiger partial charge >= 0.3 is 11.9 Å². The van der Waals surface area contributed by atoms with Crippen LogP contribution in [0.25, 0.3) is 0 Å². The normalized spacial score (nSPS) is 15.3. The molecular weight excluding hydrogens is 381 g/mol. The fraction of sp³-hybridized carbons (Fsp3) is 0.300. The minimum atomic E-state index is -4.02. The molecule has 0 bridgehead atoms. The molecule has 4 N–H and O–H groups in total. The molecular formula is C20H24NO6P. The first kappa shape index (κ1) is 21.8. The second-order valence-electron chi connectivity index (χ2n) is 6.59. The average molecular weight is 405 g/mol. The number of hydrogen-bond donors (Lipinski definition) is 4. The molecule has 3 unspecified atom stereocenters. The summed E-state index contributed by atoms with van der Waals surface area (Å²) in [6, 6.07) is 18.0. The lowest BCUT2D eigenvalue weighted by Crippen LogP contribution is -2.26. The van der Waals surface area contributed by atoms with Crippen LogP contribution in [0.2, 0.25) is 0 Å². The second-order valence-corrected chi connectivity index (χ2v) is 8.98. The number of carboxylic acid groups (broad SMARTS) is 2. The first-order valence-corrected chi connectivity index (χ1v) is 10.8. The Bertz CT molecular complexity index is 827. The van der Waals surface area contributed by atoms with Gasteiger partial charge in [-0.25, -0.2) is 0 Å².